The van der Waals surface area contributed by atoms with Gasteiger partial charge in [-0.2, -0.15) is 0 Å². The number of carbonyl (C=O) groups excluding carboxylic acids is 1. The van der Waals surface area contributed by atoms with Crippen LogP contribution in [-0.4, -0.2) is 6.29 Å². The fourth-order valence-electron chi connectivity index (χ4n) is 0.642. The molecular weight excluding hydrogens is 371 g/mol. The molecule has 2 heteroatoms. The minimum atomic E-state index is -0.264. The molecule has 17 heavy (non-hydrogen) atoms. The van der Waals surface area contributed by atoms with Crippen molar-refractivity contribution < 1.29 is 41.7 Å². The van der Waals surface area contributed by atoms with E-state index < -0.39 is 0 Å². The summed E-state index contributed by atoms with van der Waals surface area (Å²) < 4.78 is 0. The van der Waals surface area contributed by atoms with Gasteiger partial charge in [0.2, 0.25) is 0 Å². The third-order valence-electron chi connectivity index (χ3n) is 1.42. The van der Waals surface area contributed by atoms with Crippen LogP contribution in [0.3, 0.4) is 0 Å². The quantitative estimate of drug-likeness (QED) is 0.581. The van der Waals surface area contributed by atoms with Gasteiger partial charge in [-0.3, -0.25) is 6.29 Å². The Bertz CT molecular complexity index is 128. The molecule has 0 saturated heterocycles. The molecular formula is C15H19LuO-. The molecule has 0 heterocycles. The van der Waals surface area contributed by atoms with Gasteiger partial charge in [-0.1, -0.05) is 20.8 Å². The first-order valence-corrected chi connectivity index (χ1v) is 5.29. The van der Waals surface area contributed by atoms with Crippen LogP contribution in [0.1, 0.15) is 20.8 Å². The van der Waals surface area contributed by atoms with Crippen LogP contribution >= 0.6 is 0 Å². The maximum atomic E-state index is 9.70. The summed E-state index contributed by atoms with van der Waals surface area (Å²) in [5, 5.41) is 0. The Morgan fingerprint density at radius 2 is 0.765 bits per heavy atom. The van der Waals surface area contributed by atoms with Gasteiger partial charge in [-0.05, 0) is 64.2 Å². The summed E-state index contributed by atoms with van der Waals surface area (Å²) in [5.74, 6) is 0. The zero-order chi connectivity index (χ0) is 12.3. The fraction of sp³-hybridized carbons (Fsp3) is 0.267. The zero-order valence-corrected chi connectivity index (χ0v) is 12.1. The predicted octanol–water partition coefficient (Wildman–Crippen LogP) is 3.19. The SMILES string of the molecule is CC(C)(C)[C-]=O.[CH]1[CH][CH][CH][CH]1.[CH]1[CH][CH][CH][CH]1.[Lu]. The van der Waals surface area contributed by atoms with Gasteiger partial charge in [-0.25, -0.2) is 0 Å². The van der Waals surface area contributed by atoms with Gasteiger partial charge in [-0.15, -0.1) is 5.41 Å². The second kappa shape index (κ2) is 13.3. The largest absolute Gasteiger partial charge is 0.541 e. The van der Waals surface area contributed by atoms with Crippen molar-refractivity contribution in [3.8, 4) is 0 Å². The van der Waals surface area contributed by atoms with E-state index in [1.165, 1.54) is 0 Å². The van der Waals surface area contributed by atoms with Crippen molar-refractivity contribution in [2.45, 2.75) is 20.8 Å². The molecule has 0 aromatic heterocycles. The average Bonchev–Trinajstić information content (AvgIpc) is 2.95. The Balaban J connectivity index is 0. The topological polar surface area (TPSA) is 17.1 Å². The maximum Gasteiger partial charge on any atom is 0 e. The van der Waals surface area contributed by atoms with Gasteiger partial charge in [0, 0.05) is 36.9 Å². The molecule has 2 saturated carbocycles. The van der Waals surface area contributed by atoms with Crippen LogP contribution in [0, 0.1) is 106 Å². The molecule has 11 radical (unpaired) electrons. The average molecular weight is 390 g/mol. The van der Waals surface area contributed by atoms with Crippen molar-refractivity contribution in [3.63, 3.8) is 0 Å². The molecule has 2 fully saturated rings. The van der Waals surface area contributed by atoms with Gasteiger partial charge in [0.05, 0.1) is 0 Å². The van der Waals surface area contributed by atoms with Crippen molar-refractivity contribution in [3.05, 3.63) is 64.2 Å². The molecule has 101 valence electrons. The van der Waals surface area contributed by atoms with E-state index in [9.17, 15) is 4.79 Å². The van der Waals surface area contributed by atoms with Crippen LogP contribution in [-0.2, 0) is 4.79 Å². The first-order chi connectivity index (χ1) is 7.56. The summed E-state index contributed by atoms with van der Waals surface area (Å²) in [6.07, 6.45) is 21.9. The van der Waals surface area contributed by atoms with Crippen LogP contribution < -0.4 is 0 Å². The van der Waals surface area contributed by atoms with Crippen LogP contribution in [0.4, 0.5) is 0 Å². The summed E-state index contributed by atoms with van der Waals surface area (Å²) in [6, 6.07) is 0. The summed E-state index contributed by atoms with van der Waals surface area (Å²) in [7, 11) is 0. The first kappa shape index (κ1) is 20.2. The molecule has 0 N–H and O–H groups in total. The third-order valence-corrected chi connectivity index (χ3v) is 1.42. The summed E-state index contributed by atoms with van der Waals surface area (Å²) in [5.41, 5.74) is -0.264. The van der Waals surface area contributed by atoms with Crippen LogP contribution in [0.2, 0.25) is 0 Å². The molecule has 2 rings (SSSR count). The summed E-state index contributed by atoms with van der Waals surface area (Å²) in [4.78, 5) is 9.70. The van der Waals surface area contributed by atoms with Crippen molar-refractivity contribution in [2.75, 3.05) is 0 Å². The first-order valence-electron chi connectivity index (χ1n) is 5.29. The van der Waals surface area contributed by atoms with Crippen molar-refractivity contribution in [2.24, 2.45) is 5.41 Å². The van der Waals surface area contributed by atoms with Gasteiger partial charge < -0.3 is 4.79 Å². The molecule has 0 unspecified atom stereocenters. The van der Waals surface area contributed by atoms with Crippen molar-refractivity contribution in [1.82, 2.24) is 0 Å². The molecule has 0 bridgehead atoms. The summed E-state index contributed by atoms with van der Waals surface area (Å²) in [6.45, 7) is 5.46. The van der Waals surface area contributed by atoms with E-state index in [0.29, 0.717) is 0 Å². The number of hydrogen-bond donors (Lipinski definition) is 0. The molecule has 1 nitrogen and oxygen atoms in total. The van der Waals surface area contributed by atoms with Crippen LogP contribution in [0.25, 0.3) is 0 Å². The van der Waals surface area contributed by atoms with Gasteiger partial charge >= 0.3 is 0 Å². The van der Waals surface area contributed by atoms with E-state index in [1.807, 2.05) is 91.3 Å². The molecule has 0 spiro atoms. The molecule has 2 aliphatic carbocycles. The maximum absolute atomic E-state index is 9.70. The molecule has 0 atom stereocenters. The van der Waals surface area contributed by atoms with Crippen LogP contribution in [0.5, 0.6) is 0 Å². The second-order valence-corrected chi connectivity index (χ2v) is 4.28. The molecule has 0 amide bonds. The van der Waals surface area contributed by atoms with Crippen molar-refractivity contribution in [1.29, 1.82) is 0 Å². The third kappa shape index (κ3) is 19.4. The minimum absolute atomic E-state index is 0. The second-order valence-electron chi connectivity index (χ2n) is 4.28. The van der Waals surface area contributed by atoms with E-state index in [-0.39, 0.29) is 42.3 Å². The van der Waals surface area contributed by atoms with Crippen LogP contribution in [0.15, 0.2) is 0 Å². The monoisotopic (exact) mass is 390 g/mol. The standard InChI is InChI=1S/C5H9O.2C5H5.Lu/c1-5(2,3)4-6;2*1-2-4-5-3-1;/h1-3H3;2*1-5H;/q-1;;;. The van der Waals surface area contributed by atoms with E-state index in [4.69, 9.17) is 0 Å². The van der Waals surface area contributed by atoms with Gasteiger partial charge in [0.25, 0.3) is 0 Å². The molecule has 0 aromatic carbocycles. The van der Waals surface area contributed by atoms with Gasteiger partial charge in [0.15, 0.2) is 0 Å². The van der Waals surface area contributed by atoms with Crippen molar-refractivity contribution >= 4 is 6.29 Å². The van der Waals surface area contributed by atoms with E-state index in [2.05, 4.69) is 0 Å². The van der Waals surface area contributed by atoms with E-state index in [0.717, 1.165) is 0 Å². The Morgan fingerprint density at radius 1 is 0.647 bits per heavy atom. The Kier molecular flexibility index (Phi) is 15.9. The number of rotatable bonds is 0. The normalized spacial score (nSPS) is 18.1. The fourth-order valence-corrected chi connectivity index (χ4v) is 0.642. The molecule has 0 aliphatic heterocycles. The van der Waals surface area contributed by atoms with E-state index in [1.54, 1.807) is 0 Å². The van der Waals surface area contributed by atoms with Gasteiger partial charge in [0.1, 0.15) is 0 Å². The summed E-state index contributed by atoms with van der Waals surface area (Å²) >= 11 is 0. The number of hydrogen-bond acceptors (Lipinski definition) is 1. The zero-order valence-electron chi connectivity index (χ0n) is 10.4. The predicted molar refractivity (Wildman–Crippen MR) is 68.1 cm³/mol. The Morgan fingerprint density at radius 3 is 0.824 bits per heavy atom. The Labute approximate surface area is 137 Å². The molecule has 2 aliphatic rings. The minimum Gasteiger partial charge on any atom is -0.541 e. The smallest absolute Gasteiger partial charge is 0 e. The van der Waals surface area contributed by atoms with E-state index >= 15 is 0 Å². The molecule has 0 aromatic rings. The Hall–Kier alpha value is 0.904.